The van der Waals surface area contributed by atoms with Crippen molar-refractivity contribution < 1.29 is 4.79 Å². The number of aryl methyl sites for hydroxylation is 2. The van der Waals surface area contributed by atoms with Crippen LogP contribution in [0.25, 0.3) is 0 Å². The van der Waals surface area contributed by atoms with Crippen molar-refractivity contribution in [3.63, 3.8) is 0 Å². The average Bonchev–Trinajstić information content (AvgIpc) is 1.97. The van der Waals surface area contributed by atoms with E-state index in [0.717, 1.165) is 11.1 Å². The highest BCUT2D eigenvalue weighted by Gasteiger charge is 2.10. The summed E-state index contributed by atoms with van der Waals surface area (Å²) in [4.78, 5) is 10.9. The van der Waals surface area contributed by atoms with Crippen molar-refractivity contribution in [3.05, 3.63) is 28.8 Å². The molecule has 0 bridgehead atoms. The number of amides is 1. The zero-order valence-electron chi connectivity index (χ0n) is 7.22. The predicted molar refractivity (Wildman–Crippen MR) is 48.8 cm³/mol. The van der Waals surface area contributed by atoms with Gasteiger partial charge in [0.15, 0.2) is 0 Å². The Bertz CT molecular complexity index is 332. The Morgan fingerprint density at radius 3 is 2.17 bits per heavy atom. The molecule has 0 unspecified atom stereocenters. The van der Waals surface area contributed by atoms with Gasteiger partial charge in [-0.05, 0) is 25.0 Å². The second-order valence-electron chi connectivity index (χ2n) is 2.85. The Balaban J connectivity index is 3.43. The first-order valence-electron chi connectivity index (χ1n) is 3.69. The zero-order chi connectivity index (χ0) is 9.30. The van der Waals surface area contributed by atoms with Crippen LogP contribution in [-0.4, -0.2) is 5.91 Å². The van der Waals surface area contributed by atoms with Gasteiger partial charge in [0.2, 0.25) is 0 Å². The number of carbonyl (C=O) groups is 1. The fraction of sp³-hybridized carbons (Fsp3) is 0.222. The van der Waals surface area contributed by atoms with E-state index in [1.54, 1.807) is 0 Å². The van der Waals surface area contributed by atoms with Crippen LogP contribution >= 0.6 is 0 Å². The van der Waals surface area contributed by atoms with Gasteiger partial charge in [-0.1, -0.05) is 12.1 Å². The lowest BCUT2D eigenvalue weighted by Gasteiger charge is -2.07. The summed E-state index contributed by atoms with van der Waals surface area (Å²) < 4.78 is 0. The first kappa shape index (κ1) is 8.59. The molecule has 1 amide bonds. The molecule has 0 fully saturated rings. The minimum absolute atomic E-state index is 0.440. The smallest absolute Gasteiger partial charge is 0.251 e. The van der Waals surface area contributed by atoms with Gasteiger partial charge in [0.25, 0.3) is 5.91 Å². The largest absolute Gasteiger partial charge is 0.398 e. The summed E-state index contributed by atoms with van der Waals surface area (Å²) in [5, 5.41) is 0. The van der Waals surface area contributed by atoms with Crippen LogP contribution in [-0.2, 0) is 0 Å². The third-order valence-electron chi connectivity index (χ3n) is 1.92. The van der Waals surface area contributed by atoms with E-state index in [4.69, 9.17) is 11.5 Å². The lowest BCUT2D eigenvalue weighted by Crippen LogP contribution is -2.15. The van der Waals surface area contributed by atoms with Crippen LogP contribution in [0.15, 0.2) is 12.1 Å². The number of primary amides is 1. The van der Waals surface area contributed by atoms with Crippen molar-refractivity contribution in [2.45, 2.75) is 13.8 Å². The van der Waals surface area contributed by atoms with E-state index >= 15 is 0 Å². The molecule has 0 saturated heterocycles. The molecule has 0 aliphatic heterocycles. The fourth-order valence-electron chi connectivity index (χ4n) is 1.16. The van der Waals surface area contributed by atoms with E-state index in [2.05, 4.69) is 0 Å². The van der Waals surface area contributed by atoms with Crippen LogP contribution in [0.2, 0.25) is 0 Å². The number of nitrogens with two attached hydrogens (primary N) is 2. The summed E-state index contributed by atoms with van der Waals surface area (Å²) in [5.74, 6) is -0.464. The highest BCUT2D eigenvalue weighted by atomic mass is 16.1. The molecular weight excluding hydrogens is 152 g/mol. The molecule has 0 spiro atoms. The minimum atomic E-state index is -0.464. The number of anilines is 1. The molecule has 0 radical (unpaired) electrons. The number of benzene rings is 1. The number of rotatable bonds is 1. The highest BCUT2D eigenvalue weighted by molar-refractivity contribution is 6.00. The van der Waals surface area contributed by atoms with Gasteiger partial charge < -0.3 is 11.5 Å². The number of nitrogen functional groups attached to an aromatic ring is 1. The van der Waals surface area contributed by atoms with E-state index in [1.807, 2.05) is 26.0 Å². The molecule has 0 atom stereocenters. The van der Waals surface area contributed by atoms with Gasteiger partial charge in [0.05, 0.1) is 5.56 Å². The van der Waals surface area contributed by atoms with Gasteiger partial charge >= 0.3 is 0 Å². The number of hydrogen-bond acceptors (Lipinski definition) is 2. The van der Waals surface area contributed by atoms with Gasteiger partial charge in [0, 0.05) is 5.69 Å². The second-order valence-corrected chi connectivity index (χ2v) is 2.85. The third kappa shape index (κ3) is 1.25. The molecule has 12 heavy (non-hydrogen) atoms. The van der Waals surface area contributed by atoms with Gasteiger partial charge in [-0.15, -0.1) is 0 Å². The molecule has 3 heteroatoms. The minimum Gasteiger partial charge on any atom is -0.398 e. The number of hydrogen-bond donors (Lipinski definition) is 2. The van der Waals surface area contributed by atoms with Crippen molar-refractivity contribution >= 4 is 11.6 Å². The summed E-state index contributed by atoms with van der Waals surface area (Å²) in [6.45, 7) is 3.66. The van der Waals surface area contributed by atoms with Crippen LogP contribution in [0.3, 0.4) is 0 Å². The van der Waals surface area contributed by atoms with E-state index in [0.29, 0.717) is 11.3 Å². The Morgan fingerprint density at radius 2 is 1.75 bits per heavy atom. The molecule has 3 nitrogen and oxygen atoms in total. The molecule has 0 aliphatic rings. The summed E-state index contributed by atoms with van der Waals surface area (Å²) >= 11 is 0. The summed E-state index contributed by atoms with van der Waals surface area (Å²) in [6.07, 6.45) is 0. The first-order chi connectivity index (χ1) is 5.54. The van der Waals surface area contributed by atoms with Gasteiger partial charge in [0.1, 0.15) is 0 Å². The predicted octanol–water partition coefficient (Wildman–Crippen LogP) is 0.985. The van der Waals surface area contributed by atoms with E-state index in [-0.39, 0.29) is 0 Å². The van der Waals surface area contributed by atoms with Gasteiger partial charge in [-0.3, -0.25) is 4.79 Å². The molecule has 1 aromatic rings. The molecule has 0 aliphatic carbocycles. The molecule has 4 N–H and O–H groups in total. The molecule has 0 saturated carbocycles. The molecular formula is C9H12N2O. The van der Waals surface area contributed by atoms with Crippen molar-refractivity contribution in [1.82, 2.24) is 0 Å². The van der Waals surface area contributed by atoms with Crippen molar-refractivity contribution in [1.29, 1.82) is 0 Å². The maximum absolute atomic E-state index is 10.9. The quantitative estimate of drug-likeness (QED) is 0.607. The van der Waals surface area contributed by atoms with Crippen LogP contribution in [0.1, 0.15) is 21.5 Å². The van der Waals surface area contributed by atoms with Gasteiger partial charge in [-0.2, -0.15) is 0 Å². The molecule has 0 heterocycles. The zero-order valence-corrected chi connectivity index (χ0v) is 7.22. The maximum atomic E-state index is 10.9. The Labute approximate surface area is 71.4 Å². The summed E-state index contributed by atoms with van der Waals surface area (Å²) in [6, 6.07) is 3.71. The molecule has 1 rings (SSSR count). The van der Waals surface area contributed by atoms with Crippen LogP contribution in [0.4, 0.5) is 5.69 Å². The van der Waals surface area contributed by atoms with Crippen LogP contribution in [0, 0.1) is 13.8 Å². The fourth-order valence-corrected chi connectivity index (χ4v) is 1.16. The standard InChI is InChI=1S/C9H12N2O/c1-5-3-4-6(2)8(10)7(5)9(11)12/h3-4H,10H2,1-2H3,(H2,11,12). The summed E-state index contributed by atoms with van der Waals surface area (Å²) in [7, 11) is 0. The summed E-state index contributed by atoms with van der Waals surface area (Å²) in [5.41, 5.74) is 13.5. The van der Waals surface area contributed by atoms with Crippen molar-refractivity contribution in [2.75, 3.05) is 5.73 Å². The monoisotopic (exact) mass is 164 g/mol. The molecule has 1 aromatic carbocycles. The van der Waals surface area contributed by atoms with E-state index < -0.39 is 5.91 Å². The van der Waals surface area contributed by atoms with Crippen molar-refractivity contribution in [2.24, 2.45) is 5.73 Å². The Morgan fingerprint density at radius 1 is 1.25 bits per heavy atom. The first-order valence-corrected chi connectivity index (χ1v) is 3.69. The Hall–Kier alpha value is -1.51. The lowest BCUT2D eigenvalue weighted by atomic mass is 10.0. The second kappa shape index (κ2) is 2.85. The average molecular weight is 164 g/mol. The van der Waals surface area contributed by atoms with Crippen LogP contribution < -0.4 is 11.5 Å². The SMILES string of the molecule is Cc1ccc(C)c(C(N)=O)c1N. The molecule has 64 valence electrons. The highest BCUT2D eigenvalue weighted by Crippen LogP contribution is 2.19. The van der Waals surface area contributed by atoms with Crippen molar-refractivity contribution in [3.8, 4) is 0 Å². The van der Waals surface area contributed by atoms with E-state index in [1.165, 1.54) is 0 Å². The molecule has 0 aromatic heterocycles. The normalized spacial score (nSPS) is 9.83. The lowest BCUT2D eigenvalue weighted by molar-refractivity contribution is 0.100. The number of carbonyl (C=O) groups excluding carboxylic acids is 1. The maximum Gasteiger partial charge on any atom is 0.251 e. The van der Waals surface area contributed by atoms with Gasteiger partial charge in [-0.25, -0.2) is 0 Å². The Kier molecular flexibility index (Phi) is 2.04. The van der Waals surface area contributed by atoms with E-state index in [9.17, 15) is 4.79 Å². The third-order valence-corrected chi connectivity index (χ3v) is 1.92. The van der Waals surface area contributed by atoms with Crippen LogP contribution in [0.5, 0.6) is 0 Å². The topological polar surface area (TPSA) is 69.1 Å².